The van der Waals surface area contributed by atoms with Crippen LogP contribution in [0.2, 0.25) is 0 Å². The first-order chi connectivity index (χ1) is 13.0. The largest absolute Gasteiger partial charge is 0.341 e. The minimum Gasteiger partial charge on any atom is -0.341 e. The van der Waals surface area contributed by atoms with E-state index in [2.05, 4.69) is 11.9 Å². The zero-order chi connectivity index (χ0) is 19.0. The van der Waals surface area contributed by atoms with Gasteiger partial charge in [-0.05, 0) is 31.2 Å². The Bertz CT molecular complexity index is 1030. The Hall–Kier alpha value is -2.47. The number of piperidine rings is 1. The number of nitrogens with zero attached hydrogens (tertiary/aromatic N) is 3. The van der Waals surface area contributed by atoms with Crippen molar-refractivity contribution in [2.45, 2.75) is 33.2 Å². The second-order valence-electron chi connectivity index (χ2n) is 7.32. The van der Waals surface area contributed by atoms with Crippen LogP contribution in [0.4, 0.5) is 0 Å². The van der Waals surface area contributed by atoms with Gasteiger partial charge in [-0.2, -0.15) is 0 Å². The first-order valence-corrected chi connectivity index (χ1v) is 10.2. The number of rotatable bonds is 3. The van der Waals surface area contributed by atoms with Gasteiger partial charge in [0.05, 0.1) is 11.7 Å². The molecule has 6 heteroatoms. The molecule has 3 heterocycles. The second kappa shape index (κ2) is 7.27. The van der Waals surface area contributed by atoms with Crippen molar-refractivity contribution in [2.75, 3.05) is 13.1 Å². The van der Waals surface area contributed by atoms with E-state index in [-0.39, 0.29) is 18.0 Å². The topological polar surface area (TPSA) is 55.2 Å². The minimum absolute atomic E-state index is 0.00152. The second-order valence-corrected chi connectivity index (χ2v) is 8.52. The van der Waals surface area contributed by atoms with Crippen molar-refractivity contribution >= 4 is 27.5 Å². The highest BCUT2D eigenvalue weighted by Crippen LogP contribution is 2.35. The number of benzene rings is 1. The fraction of sp³-hybridized carbons (Fsp3) is 0.381. The van der Waals surface area contributed by atoms with E-state index < -0.39 is 0 Å². The van der Waals surface area contributed by atoms with Crippen LogP contribution in [0.25, 0.3) is 21.3 Å². The van der Waals surface area contributed by atoms with Gasteiger partial charge in [-0.3, -0.25) is 14.2 Å². The van der Waals surface area contributed by atoms with Gasteiger partial charge < -0.3 is 4.90 Å². The summed E-state index contributed by atoms with van der Waals surface area (Å²) >= 11 is 1.52. The first-order valence-electron chi connectivity index (χ1n) is 9.36. The molecule has 1 saturated heterocycles. The number of fused-ring (bicyclic) bond motifs is 1. The molecule has 1 amide bonds. The Balaban J connectivity index is 1.70. The van der Waals surface area contributed by atoms with Gasteiger partial charge in [0, 0.05) is 23.5 Å². The summed E-state index contributed by atoms with van der Waals surface area (Å²) in [5.41, 5.74) is 1.80. The number of amides is 1. The molecule has 0 saturated carbocycles. The molecular formula is C21H23N3O2S. The molecule has 27 heavy (non-hydrogen) atoms. The van der Waals surface area contributed by atoms with Gasteiger partial charge in [0.25, 0.3) is 5.56 Å². The lowest BCUT2D eigenvalue weighted by Gasteiger charge is -2.30. The molecule has 0 bridgehead atoms. The van der Waals surface area contributed by atoms with Crippen LogP contribution in [0.5, 0.6) is 0 Å². The third kappa shape index (κ3) is 3.41. The summed E-state index contributed by atoms with van der Waals surface area (Å²) in [7, 11) is 0. The van der Waals surface area contributed by atoms with Gasteiger partial charge >= 0.3 is 0 Å². The smallest absolute Gasteiger partial charge is 0.263 e. The molecule has 0 N–H and O–H groups in total. The van der Waals surface area contributed by atoms with Crippen LogP contribution in [-0.2, 0) is 11.3 Å². The lowest BCUT2D eigenvalue weighted by atomic mass is 9.99. The maximum atomic E-state index is 13.2. The number of likely N-dealkylation sites (tertiary alicyclic amines) is 1. The van der Waals surface area contributed by atoms with Crippen LogP contribution in [0.3, 0.4) is 0 Å². The highest BCUT2D eigenvalue weighted by Gasteiger charge is 2.22. The number of carbonyl (C=O) groups is 1. The van der Waals surface area contributed by atoms with Crippen LogP contribution >= 0.6 is 11.3 Å². The third-order valence-corrected chi connectivity index (χ3v) is 6.37. The minimum atomic E-state index is -0.137. The highest BCUT2D eigenvalue weighted by atomic mass is 32.1. The van der Waals surface area contributed by atoms with Crippen molar-refractivity contribution in [3.8, 4) is 11.1 Å². The molecule has 0 spiro atoms. The fourth-order valence-electron chi connectivity index (χ4n) is 3.71. The number of hydrogen-bond acceptors (Lipinski definition) is 4. The van der Waals surface area contributed by atoms with E-state index in [1.54, 1.807) is 0 Å². The van der Waals surface area contributed by atoms with Crippen LogP contribution in [-0.4, -0.2) is 33.4 Å². The molecule has 0 unspecified atom stereocenters. The molecule has 4 rings (SSSR count). The Morgan fingerprint density at radius 2 is 1.93 bits per heavy atom. The van der Waals surface area contributed by atoms with Gasteiger partial charge in [-0.1, -0.05) is 37.3 Å². The van der Waals surface area contributed by atoms with E-state index in [9.17, 15) is 9.59 Å². The molecule has 1 aliphatic rings. The summed E-state index contributed by atoms with van der Waals surface area (Å²) < 4.78 is 1.46. The van der Waals surface area contributed by atoms with Crippen molar-refractivity contribution in [3.63, 3.8) is 0 Å². The van der Waals surface area contributed by atoms with E-state index in [1.165, 1.54) is 22.2 Å². The standard InChI is InChI=1S/C21H23N3O2S/c1-14-8-10-23(11-9-14)17(25)12-24-13-22-20-19(21(24)26)18(15(2)27-20)16-6-4-3-5-7-16/h3-7,13-14H,8-12H2,1-2H3. The number of hydrogen-bond donors (Lipinski definition) is 0. The van der Waals surface area contributed by atoms with Crippen LogP contribution in [0.1, 0.15) is 24.6 Å². The summed E-state index contributed by atoms with van der Waals surface area (Å²) in [5, 5.41) is 0.617. The van der Waals surface area contributed by atoms with Gasteiger partial charge in [0.2, 0.25) is 5.91 Å². The van der Waals surface area contributed by atoms with Gasteiger partial charge in [0.1, 0.15) is 11.4 Å². The zero-order valence-corrected chi connectivity index (χ0v) is 16.5. The van der Waals surface area contributed by atoms with E-state index in [0.717, 1.165) is 46.8 Å². The van der Waals surface area contributed by atoms with Crippen molar-refractivity contribution in [1.82, 2.24) is 14.5 Å². The van der Waals surface area contributed by atoms with Crippen LogP contribution in [0.15, 0.2) is 41.5 Å². The van der Waals surface area contributed by atoms with Crippen molar-refractivity contribution in [1.29, 1.82) is 0 Å². The summed E-state index contributed by atoms with van der Waals surface area (Å²) in [6.07, 6.45) is 3.57. The Morgan fingerprint density at radius 3 is 2.63 bits per heavy atom. The van der Waals surface area contributed by atoms with Crippen LogP contribution in [0, 0.1) is 12.8 Å². The third-order valence-electron chi connectivity index (χ3n) is 5.36. The van der Waals surface area contributed by atoms with Crippen molar-refractivity contribution < 1.29 is 4.79 Å². The van der Waals surface area contributed by atoms with Gasteiger partial charge in [-0.25, -0.2) is 4.98 Å². The maximum absolute atomic E-state index is 13.2. The quantitative estimate of drug-likeness (QED) is 0.695. The predicted octanol–water partition coefficient (Wildman–Crippen LogP) is 3.69. The van der Waals surface area contributed by atoms with Crippen molar-refractivity contribution in [3.05, 3.63) is 51.9 Å². The van der Waals surface area contributed by atoms with E-state index >= 15 is 0 Å². The number of carbonyl (C=O) groups excluding carboxylic acids is 1. The van der Waals surface area contributed by atoms with E-state index in [1.807, 2.05) is 42.2 Å². The van der Waals surface area contributed by atoms with Gasteiger partial charge in [0.15, 0.2) is 0 Å². The van der Waals surface area contributed by atoms with Crippen LogP contribution < -0.4 is 5.56 Å². The molecule has 1 aliphatic heterocycles. The Kier molecular flexibility index (Phi) is 4.83. The van der Waals surface area contributed by atoms with Crippen molar-refractivity contribution in [2.24, 2.45) is 5.92 Å². The molecule has 0 aliphatic carbocycles. The number of aromatic nitrogens is 2. The zero-order valence-electron chi connectivity index (χ0n) is 15.6. The highest BCUT2D eigenvalue weighted by molar-refractivity contribution is 7.19. The lowest BCUT2D eigenvalue weighted by Crippen LogP contribution is -2.41. The molecule has 140 valence electrons. The average molecular weight is 382 g/mol. The normalized spacial score (nSPS) is 15.4. The number of aryl methyl sites for hydroxylation is 1. The molecule has 2 aromatic heterocycles. The van der Waals surface area contributed by atoms with Gasteiger partial charge in [-0.15, -0.1) is 11.3 Å². The van der Waals surface area contributed by atoms with E-state index in [0.29, 0.717) is 11.3 Å². The maximum Gasteiger partial charge on any atom is 0.263 e. The molecule has 3 aromatic rings. The first kappa shape index (κ1) is 17.9. The molecule has 1 fully saturated rings. The summed E-state index contributed by atoms with van der Waals surface area (Å²) in [4.78, 5) is 34.0. The monoisotopic (exact) mass is 381 g/mol. The Morgan fingerprint density at radius 1 is 1.22 bits per heavy atom. The Labute approximate surface area is 162 Å². The summed E-state index contributed by atoms with van der Waals surface area (Å²) in [5.74, 6) is 0.662. The molecular weight excluding hydrogens is 358 g/mol. The summed E-state index contributed by atoms with van der Waals surface area (Å²) in [6.45, 7) is 5.83. The summed E-state index contributed by atoms with van der Waals surface area (Å²) in [6, 6.07) is 9.90. The fourth-order valence-corrected chi connectivity index (χ4v) is 4.71. The molecule has 5 nitrogen and oxygen atoms in total. The molecule has 0 atom stereocenters. The predicted molar refractivity (Wildman–Crippen MR) is 109 cm³/mol. The molecule has 0 radical (unpaired) electrons. The number of thiophene rings is 1. The average Bonchev–Trinajstić information content (AvgIpc) is 3.02. The molecule has 1 aromatic carbocycles. The van der Waals surface area contributed by atoms with E-state index in [4.69, 9.17) is 0 Å². The SMILES string of the molecule is Cc1sc2ncn(CC(=O)N3CCC(C)CC3)c(=O)c2c1-c1ccccc1. The lowest BCUT2D eigenvalue weighted by molar-refractivity contribution is -0.133.